The molecule has 1 amide bonds. The van der Waals surface area contributed by atoms with Crippen LogP contribution in [0, 0.1) is 0 Å². The van der Waals surface area contributed by atoms with Crippen molar-refractivity contribution in [3.63, 3.8) is 0 Å². The zero-order chi connectivity index (χ0) is 21.8. The minimum absolute atomic E-state index is 0.00608. The van der Waals surface area contributed by atoms with Gasteiger partial charge in [-0.2, -0.15) is 5.12 Å². The van der Waals surface area contributed by atoms with Gasteiger partial charge in [-0.25, -0.2) is 4.98 Å². The van der Waals surface area contributed by atoms with Crippen LogP contribution in [-0.2, 0) is 4.74 Å². The van der Waals surface area contributed by atoms with Gasteiger partial charge in [0.25, 0.3) is 0 Å². The molecule has 1 aliphatic heterocycles. The van der Waals surface area contributed by atoms with Gasteiger partial charge in [-0.3, -0.25) is 9.78 Å². The van der Waals surface area contributed by atoms with Gasteiger partial charge in [0.2, 0.25) is 5.91 Å². The second-order valence-corrected chi connectivity index (χ2v) is 7.94. The van der Waals surface area contributed by atoms with E-state index in [0.717, 1.165) is 25.7 Å². The lowest BCUT2D eigenvalue weighted by Crippen LogP contribution is -2.42. The molecule has 2 aliphatic rings. The molecule has 2 aromatic heterocycles. The molecule has 1 saturated carbocycles. The van der Waals surface area contributed by atoms with Crippen LogP contribution in [0.3, 0.4) is 0 Å². The van der Waals surface area contributed by atoms with E-state index in [-0.39, 0.29) is 29.0 Å². The highest BCUT2D eigenvalue weighted by Crippen LogP contribution is 2.36. The molecule has 31 heavy (non-hydrogen) atoms. The van der Waals surface area contributed by atoms with Gasteiger partial charge in [0.15, 0.2) is 0 Å². The van der Waals surface area contributed by atoms with E-state index in [0.29, 0.717) is 42.9 Å². The Morgan fingerprint density at radius 2 is 1.97 bits per heavy atom. The van der Waals surface area contributed by atoms with Crippen molar-refractivity contribution < 1.29 is 14.0 Å². The molecule has 0 spiro atoms. The molecular weight excluding hydrogens is 401 g/mol. The van der Waals surface area contributed by atoms with Crippen LogP contribution in [0.5, 0.6) is 0 Å². The van der Waals surface area contributed by atoms with Crippen LogP contribution >= 0.6 is 0 Å². The fourth-order valence-corrected chi connectivity index (χ4v) is 4.02. The molecule has 4 rings (SSSR count). The van der Waals surface area contributed by atoms with Crippen LogP contribution in [0.2, 0.25) is 0 Å². The molecule has 2 aromatic rings. The molecule has 10 heteroatoms. The van der Waals surface area contributed by atoms with Crippen LogP contribution in [0.15, 0.2) is 30.7 Å². The molecule has 0 radical (unpaired) electrons. The summed E-state index contributed by atoms with van der Waals surface area (Å²) in [6.07, 6.45) is 8.31. The molecule has 2 fully saturated rings. The van der Waals surface area contributed by atoms with E-state index < -0.39 is 5.91 Å². The number of primary amides is 1. The molecular formula is C21H28FN7O2. The Bertz CT molecular complexity index is 922. The van der Waals surface area contributed by atoms with Gasteiger partial charge in [0, 0.05) is 37.4 Å². The number of hydrogen-bond donors (Lipinski definition) is 3. The van der Waals surface area contributed by atoms with E-state index >= 15 is 4.48 Å². The maximum absolute atomic E-state index is 15.7. The maximum atomic E-state index is 15.7. The Kier molecular flexibility index (Phi) is 6.47. The first-order chi connectivity index (χ1) is 15.0. The minimum atomic E-state index is -0.669. The number of nitrogens with one attached hydrogen (secondary N) is 1. The summed E-state index contributed by atoms with van der Waals surface area (Å²) in [5.74, 6) is -0.0172. The maximum Gasteiger partial charge on any atom is 0.250 e. The number of ether oxygens (including phenoxy) is 1. The van der Waals surface area contributed by atoms with Crippen LogP contribution in [-0.4, -0.2) is 54.3 Å². The van der Waals surface area contributed by atoms with E-state index in [4.69, 9.17) is 16.2 Å². The monoisotopic (exact) mass is 429 g/mol. The summed E-state index contributed by atoms with van der Waals surface area (Å²) >= 11 is 0. The number of rotatable bonds is 6. The van der Waals surface area contributed by atoms with Crippen LogP contribution in [0.25, 0.3) is 0 Å². The fourth-order valence-electron chi connectivity index (χ4n) is 4.02. The van der Waals surface area contributed by atoms with Crippen LogP contribution in [0.1, 0.15) is 36.0 Å². The van der Waals surface area contributed by atoms with E-state index in [1.165, 1.54) is 18.5 Å². The summed E-state index contributed by atoms with van der Waals surface area (Å²) in [6.45, 7) is 2.55. The highest BCUT2D eigenvalue weighted by atomic mass is 19.2. The third-order valence-electron chi connectivity index (χ3n) is 5.81. The van der Waals surface area contributed by atoms with E-state index in [2.05, 4.69) is 20.2 Å². The normalized spacial score (nSPS) is 21.5. The standard InChI is InChI=1S/C21H28FN7O2/c22-29(15-9-14(21(24)30)11-25-12-15)19-10-20(28-5-7-31-8-6-28)26-13-18(19)27-17-4-2-1-3-16(17)23/h9-13,16-17,27H,1-8,23H2,(H2,24,30). The number of carbonyl (C=O) groups excluding carboxylic acids is 1. The minimum Gasteiger partial charge on any atom is -0.378 e. The van der Waals surface area contributed by atoms with Crippen molar-refractivity contribution in [3.05, 3.63) is 36.3 Å². The summed E-state index contributed by atoms with van der Waals surface area (Å²) in [6, 6.07) is 3.10. The number of nitrogens with two attached hydrogens (primary N) is 2. The first kappa shape index (κ1) is 21.3. The fraction of sp³-hybridized carbons (Fsp3) is 0.476. The average Bonchev–Trinajstić information content (AvgIpc) is 2.81. The number of halogens is 1. The molecule has 2 atom stereocenters. The van der Waals surface area contributed by atoms with E-state index in [9.17, 15) is 4.79 Å². The van der Waals surface area contributed by atoms with Gasteiger partial charge in [-0.1, -0.05) is 17.3 Å². The number of amides is 1. The molecule has 3 heterocycles. The van der Waals surface area contributed by atoms with Crippen molar-refractivity contribution in [2.45, 2.75) is 37.8 Å². The topological polar surface area (TPSA) is 123 Å². The Morgan fingerprint density at radius 3 is 2.71 bits per heavy atom. The van der Waals surface area contributed by atoms with Crippen molar-refractivity contribution in [2.75, 3.05) is 41.6 Å². The molecule has 5 N–H and O–H groups in total. The first-order valence-electron chi connectivity index (χ1n) is 10.6. The second kappa shape index (κ2) is 9.44. The summed E-state index contributed by atoms with van der Waals surface area (Å²) in [7, 11) is 0. The Balaban J connectivity index is 1.68. The van der Waals surface area contributed by atoms with E-state index in [1.54, 1.807) is 12.3 Å². The van der Waals surface area contributed by atoms with Gasteiger partial charge in [-0.15, -0.1) is 0 Å². The SMILES string of the molecule is NC(=O)c1cncc(N(F)c2cc(N3CCOCC3)ncc2NC2CCCCC2N)c1. The number of pyridine rings is 2. The zero-order valence-corrected chi connectivity index (χ0v) is 17.3. The Hall–Kier alpha value is -2.98. The second-order valence-electron chi connectivity index (χ2n) is 7.94. The number of morpholine rings is 1. The number of carbonyl (C=O) groups is 1. The molecule has 166 valence electrons. The lowest BCUT2D eigenvalue weighted by Gasteiger charge is -2.32. The number of aromatic nitrogens is 2. The molecule has 1 saturated heterocycles. The summed E-state index contributed by atoms with van der Waals surface area (Å²) in [5.41, 5.74) is 12.7. The van der Waals surface area contributed by atoms with Gasteiger partial charge >= 0.3 is 0 Å². The Morgan fingerprint density at radius 1 is 1.19 bits per heavy atom. The molecule has 0 aromatic carbocycles. The summed E-state index contributed by atoms with van der Waals surface area (Å²) in [4.78, 5) is 22.1. The third kappa shape index (κ3) is 4.86. The zero-order valence-electron chi connectivity index (χ0n) is 17.3. The first-order valence-corrected chi connectivity index (χ1v) is 10.6. The van der Waals surface area contributed by atoms with Crippen molar-refractivity contribution in [2.24, 2.45) is 11.5 Å². The number of anilines is 4. The number of nitrogens with zero attached hydrogens (tertiary/aromatic N) is 4. The Labute approximate surface area is 180 Å². The smallest absolute Gasteiger partial charge is 0.250 e. The molecule has 0 bridgehead atoms. The lowest BCUT2D eigenvalue weighted by molar-refractivity contribution is 0.1000. The van der Waals surface area contributed by atoms with Crippen molar-refractivity contribution in [1.82, 2.24) is 9.97 Å². The number of hydrogen-bond acceptors (Lipinski definition) is 8. The van der Waals surface area contributed by atoms with Gasteiger partial charge in [-0.05, 0) is 18.9 Å². The summed E-state index contributed by atoms with van der Waals surface area (Å²) in [5, 5.41) is 3.89. The van der Waals surface area contributed by atoms with E-state index in [1.807, 2.05) is 0 Å². The van der Waals surface area contributed by atoms with Crippen LogP contribution < -0.4 is 26.8 Å². The molecule has 2 unspecified atom stereocenters. The predicted octanol–water partition coefficient (Wildman–Crippen LogP) is 2.12. The van der Waals surface area contributed by atoms with Crippen LogP contribution in [0.4, 0.5) is 27.4 Å². The largest absolute Gasteiger partial charge is 0.378 e. The van der Waals surface area contributed by atoms with Gasteiger partial charge in [0.05, 0.1) is 42.5 Å². The van der Waals surface area contributed by atoms with Gasteiger partial charge in [0.1, 0.15) is 11.5 Å². The third-order valence-corrected chi connectivity index (χ3v) is 5.81. The summed E-state index contributed by atoms with van der Waals surface area (Å²) < 4.78 is 21.1. The van der Waals surface area contributed by atoms with Crippen molar-refractivity contribution in [1.29, 1.82) is 0 Å². The molecule has 1 aliphatic carbocycles. The highest BCUT2D eigenvalue weighted by Gasteiger charge is 2.25. The average molecular weight is 430 g/mol. The quantitative estimate of drug-likeness (QED) is 0.597. The highest BCUT2D eigenvalue weighted by molar-refractivity contribution is 5.93. The van der Waals surface area contributed by atoms with Crippen molar-refractivity contribution in [3.8, 4) is 0 Å². The lowest BCUT2D eigenvalue weighted by atomic mass is 9.91. The molecule has 9 nitrogen and oxygen atoms in total. The predicted molar refractivity (Wildman–Crippen MR) is 117 cm³/mol. The van der Waals surface area contributed by atoms with Gasteiger partial charge < -0.3 is 26.4 Å². The van der Waals surface area contributed by atoms with Crippen molar-refractivity contribution >= 4 is 28.8 Å².